The third kappa shape index (κ3) is 3.58. The summed E-state index contributed by atoms with van der Waals surface area (Å²) in [6.07, 6.45) is -4.63. The molecule has 0 fully saturated rings. The Morgan fingerprint density at radius 1 is 1.00 bits per heavy atom. The van der Waals surface area contributed by atoms with Gasteiger partial charge in [0.05, 0.1) is 11.1 Å². The molecule has 0 atom stereocenters. The molecule has 2 rings (SSSR count). The summed E-state index contributed by atoms with van der Waals surface area (Å²) in [7, 11) is 0. The van der Waals surface area contributed by atoms with Crippen LogP contribution in [-0.4, -0.2) is 16.2 Å². The second-order valence-corrected chi connectivity index (χ2v) is 4.36. The van der Waals surface area contributed by atoms with Crippen LogP contribution in [0.15, 0.2) is 42.5 Å². The van der Waals surface area contributed by atoms with Gasteiger partial charge >= 0.3 is 12.1 Å². The molecule has 2 aromatic rings. The summed E-state index contributed by atoms with van der Waals surface area (Å²) in [6.45, 7) is 0. The topological polar surface area (TPSA) is 57.5 Å². The summed E-state index contributed by atoms with van der Waals surface area (Å²) in [5, 5.41) is 17.9. The lowest BCUT2D eigenvalue weighted by molar-refractivity contribution is -0.137. The van der Waals surface area contributed by atoms with Crippen LogP contribution in [0.25, 0.3) is 0 Å². The molecule has 0 heterocycles. The highest BCUT2D eigenvalue weighted by atomic mass is 19.4. The second kappa shape index (κ2) is 5.82. The van der Waals surface area contributed by atoms with Crippen molar-refractivity contribution in [2.24, 2.45) is 0 Å². The van der Waals surface area contributed by atoms with Crippen LogP contribution in [0.5, 0.6) is 5.75 Å². The molecular weight excluding hydrogens is 297 g/mol. The Labute approximate surface area is 123 Å². The summed E-state index contributed by atoms with van der Waals surface area (Å²) in [4.78, 5) is 10.7. The highest BCUT2D eigenvalue weighted by Gasteiger charge is 2.33. The van der Waals surface area contributed by atoms with Crippen molar-refractivity contribution in [1.29, 1.82) is 0 Å². The van der Waals surface area contributed by atoms with Gasteiger partial charge in [0, 0.05) is 11.1 Å². The second-order valence-electron chi connectivity index (χ2n) is 4.36. The van der Waals surface area contributed by atoms with Gasteiger partial charge in [-0.3, -0.25) is 0 Å². The molecule has 0 saturated heterocycles. The average Bonchev–Trinajstić information content (AvgIpc) is 2.45. The molecule has 2 aromatic carbocycles. The van der Waals surface area contributed by atoms with Crippen molar-refractivity contribution in [3.63, 3.8) is 0 Å². The van der Waals surface area contributed by atoms with E-state index >= 15 is 0 Å². The first-order chi connectivity index (χ1) is 10.3. The largest absolute Gasteiger partial charge is 0.508 e. The van der Waals surface area contributed by atoms with E-state index in [4.69, 9.17) is 10.2 Å². The van der Waals surface area contributed by atoms with E-state index in [1.807, 2.05) is 0 Å². The maximum absolute atomic E-state index is 12.9. The molecular formula is C16H9F3O3. The minimum Gasteiger partial charge on any atom is -0.508 e. The number of hydrogen-bond acceptors (Lipinski definition) is 2. The van der Waals surface area contributed by atoms with Gasteiger partial charge < -0.3 is 10.2 Å². The summed E-state index contributed by atoms with van der Waals surface area (Å²) in [6, 6.07) is 8.25. The smallest absolute Gasteiger partial charge is 0.417 e. The molecule has 0 bridgehead atoms. The predicted molar refractivity (Wildman–Crippen MR) is 72.5 cm³/mol. The minimum absolute atomic E-state index is 0.0613. The lowest BCUT2D eigenvalue weighted by atomic mass is 10.1. The summed E-state index contributed by atoms with van der Waals surface area (Å²) < 4.78 is 38.6. The van der Waals surface area contributed by atoms with E-state index in [1.165, 1.54) is 24.3 Å². The minimum atomic E-state index is -4.63. The zero-order valence-electron chi connectivity index (χ0n) is 11.0. The van der Waals surface area contributed by atoms with Gasteiger partial charge in [-0.05, 0) is 42.5 Å². The van der Waals surface area contributed by atoms with Gasteiger partial charge in [-0.1, -0.05) is 11.8 Å². The van der Waals surface area contributed by atoms with E-state index in [1.54, 1.807) is 0 Å². The Bertz CT molecular complexity index is 766. The Kier molecular flexibility index (Phi) is 4.08. The lowest BCUT2D eigenvalue weighted by Crippen LogP contribution is -2.07. The number of rotatable bonds is 1. The SMILES string of the molecule is O=C(O)c1ccc(C#Cc2ccc(O)cc2C(F)(F)F)cc1. The maximum Gasteiger partial charge on any atom is 0.417 e. The zero-order valence-corrected chi connectivity index (χ0v) is 11.0. The summed E-state index contributed by atoms with van der Waals surface area (Å²) in [5.41, 5.74) is -0.855. The monoisotopic (exact) mass is 306 g/mol. The molecule has 3 nitrogen and oxygen atoms in total. The molecule has 112 valence electrons. The number of phenols is 1. The van der Waals surface area contributed by atoms with Crippen LogP contribution in [0.1, 0.15) is 27.0 Å². The Morgan fingerprint density at radius 2 is 1.64 bits per heavy atom. The summed E-state index contributed by atoms with van der Waals surface area (Å²) in [5.74, 6) is 3.32. The van der Waals surface area contributed by atoms with Crippen molar-refractivity contribution in [2.75, 3.05) is 0 Å². The van der Waals surface area contributed by atoms with Crippen LogP contribution in [0.2, 0.25) is 0 Å². The van der Waals surface area contributed by atoms with Gasteiger partial charge in [0.15, 0.2) is 0 Å². The number of hydrogen-bond donors (Lipinski definition) is 2. The highest BCUT2D eigenvalue weighted by molar-refractivity contribution is 5.87. The van der Waals surface area contributed by atoms with Gasteiger partial charge in [0.1, 0.15) is 5.75 Å². The Hall–Kier alpha value is -2.94. The van der Waals surface area contributed by atoms with Crippen molar-refractivity contribution in [3.8, 4) is 17.6 Å². The fraction of sp³-hybridized carbons (Fsp3) is 0.0625. The Balaban J connectivity index is 2.38. The van der Waals surface area contributed by atoms with E-state index in [9.17, 15) is 18.0 Å². The molecule has 0 radical (unpaired) electrons. The van der Waals surface area contributed by atoms with E-state index in [0.29, 0.717) is 11.6 Å². The van der Waals surface area contributed by atoms with Gasteiger partial charge in [0.25, 0.3) is 0 Å². The molecule has 0 spiro atoms. The van der Waals surface area contributed by atoms with Gasteiger partial charge in [0.2, 0.25) is 0 Å². The standard InChI is InChI=1S/C16H9F3O3/c17-16(18,19)14-9-13(20)8-7-11(14)4-1-10-2-5-12(6-3-10)15(21)22/h2-3,5-9,20H,(H,21,22). The molecule has 0 aliphatic rings. The first-order valence-corrected chi connectivity index (χ1v) is 6.03. The quantitative estimate of drug-likeness (QED) is 0.793. The molecule has 22 heavy (non-hydrogen) atoms. The van der Waals surface area contributed by atoms with Crippen molar-refractivity contribution in [3.05, 3.63) is 64.7 Å². The Morgan fingerprint density at radius 3 is 2.18 bits per heavy atom. The number of halogens is 3. The number of carboxylic acid groups (broad SMARTS) is 1. The molecule has 0 aliphatic heterocycles. The van der Waals surface area contributed by atoms with Crippen LogP contribution in [0.4, 0.5) is 13.2 Å². The molecule has 0 aromatic heterocycles. The van der Waals surface area contributed by atoms with Crippen LogP contribution < -0.4 is 0 Å². The van der Waals surface area contributed by atoms with Crippen LogP contribution in [0, 0.1) is 11.8 Å². The number of carboxylic acids is 1. The third-order valence-electron chi connectivity index (χ3n) is 2.78. The molecule has 0 unspecified atom stereocenters. The first kappa shape index (κ1) is 15.4. The molecule has 2 N–H and O–H groups in total. The molecule has 6 heteroatoms. The van der Waals surface area contributed by atoms with Crippen LogP contribution in [-0.2, 0) is 6.18 Å². The predicted octanol–water partition coefficient (Wildman–Crippen LogP) is 3.51. The van der Waals surface area contributed by atoms with E-state index in [-0.39, 0.29) is 11.1 Å². The molecule has 0 aliphatic carbocycles. The zero-order chi connectivity index (χ0) is 16.3. The van der Waals surface area contributed by atoms with Gasteiger partial charge in [-0.2, -0.15) is 13.2 Å². The number of carbonyl (C=O) groups is 1. The van der Waals surface area contributed by atoms with Crippen LogP contribution in [0.3, 0.4) is 0 Å². The lowest BCUT2D eigenvalue weighted by Gasteiger charge is -2.09. The average molecular weight is 306 g/mol. The van der Waals surface area contributed by atoms with E-state index in [0.717, 1.165) is 12.1 Å². The number of aromatic hydroxyl groups is 1. The van der Waals surface area contributed by atoms with Crippen LogP contribution >= 0.6 is 0 Å². The molecule has 0 saturated carbocycles. The van der Waals surface area contributed by atoms with E-state index in [2.05, 4.69) is 11.8 Å². The number of phenolic OH excluding ortho intramolecular Hbond substituents is 1. The van der Waals surface area contributed by atoms with Crippen molar-refractivity contribution < 1.29 is 28.2 Å². The van der Waals surface area contributed by atoms with Crippen molar-refractivity contribution >= 4 is 5.97 Å². The summed E-state index contributed by atoms with van der Waals surface area (Å²) >= 11 is 0. The fourth-order valence-corrected chi connectivity index (χ4v) is 1.71. The fourth-order valence-electron chi connectivity index (χ4n) is 1.71. The van der Waals surface area contributed by atoms with Gasteiger partial charge in [-0.25, -0.2) is 4.79 Å². The van der Waals surface area contributed by atoms with Crippen molar-refractivity contribution in [2.45, 2.75) is 6.18 Å². The molecule has 0 amide bonds. The maximum atomic E-state index is 12.9. The number of benzene rings is 2. The van der Waals surface area contributed by atoms with Gasteiger partial charge in [-0.15, -0.1) is 0 Å². The normalized spacial score (nSPS) is 10.7. The highest BCUT2D eigenvalue weighted by Crippen LogP contribution is 2.33. The van der Waals surface area contributed by atoms with E-state index < -0.39 is 23.5 Å². The first-order valence-electron chi connectivity index (χ1n) is 6.03. The number of alkyl halides is 3. The third-order valence-corrected chi connectivity index (χ3v) is 2.78. The van der Waals surface area contributed by atoms with Crippen molar-refractivity contribution in [1.82, 2.24) is 0 Å². The number of aromatic carboxylic acids is 1.